The molecule has 0 saturated heterocycles. The molecule has 2 aromatic heterocycles. The van der Waals surface area contributed by atoms with Gasteiger partial charge in [-0.1, -0.05) is 0 Å². The highest BCUT2D eigenvalue weighted by molar-refractivity contribution is 7.18. The molecule has 1 aromatic carbocycles. The average Bonchev–Trinajstić information content (AvgIpc) is 2.91. The second-order valence-corrected chi connectivity index (χ2v) is 8.10. The van der Waals surface area contributed by atoms with Crippen molar-refractivity contribution in [2.75, 3.05) is 24.3 Å². The average molecular weight is 385 g/mol. The summed E-state index contributed by atoms with van der Waals surface area (Å²) in [6, 6.07) is 5.89. The van der Waals surface area contributed by atoms with Crippen LogP contribution in [0.25, 0.3) is 10.2 Å². The molecule has 0 fully saturated rings. The van der Waals surface area contributed by atoms with E-state index in [0.717, 1.165) is 32.2 Å². The van der Waals surface area contributed by atoms with E-state index in [4.69, 9.17) is 0 Å². The van der Waals surface area contributed by atoms with E-state index in [1.54, 1.807) is 0 Å². The van der Waals surface area contributed by atoms with Gasteiger partial charge < -0.3 is 10.2 Å². The number of aryl methyl sites for hydroxylation is 4. The number of carbonyl (C=O) groups excluding carboxylic acids is 1. The summed E-state index contributed by atoms with van der Waals surface area (Å²) in [6.07, 6.45) is 1.74. The second-order valence-electron chi connectivity index (χ2n) is 6.90. The molecule has 7 heteroatoms. The number of nitrogens with zero attached hydrogens (tertiary/aromatic N) is 3. The smallest absolute Gasteiger partial charge is 0.262 e. The number of hydrogen-bond donors (Lipinski definition) is 1. The van der Waals surface area contributed by atoms with Crippen LogP contribution in [0.5, 0.6) is 0 Å². The number of hydrogen-bond acceptors (Lipinski definition) is 5. The molecule has 0 aliphatic rings. The van der Waals surface area contributed by atoms with E-state index in [9.17, 15) is 9.59 Å². The minimum absolute atomic E-state index is 0.0823. The summed E-state index contributed by atoms with van der Waals surface area (Å²) in [7, 11) is 3.96. The maximum atomic E-state index is 12.7. The lowest BCUT2D eigenvalue weighted by Crippen LogP contribution is -2.23. The van der Waals surface area contributed by atoms with Crippen molar-refractivity contribution in [2.45, 2.75) is 33.7 Å². The molecule has 0 unspecified atom stereocenters. The minimum atomic E-state index is -0.124. The minimum Gasteiger partial charge on any atom is -0.378 e. The van der Waals surface area contributed by atoms with Crippen LogP contribution in [0.1, 0.15) is 22.4 Å². The zero-order valence-electron chi connectivity index (χ0n) is 16.3. The van der Waals surface area contributed by atoms with Crippen LogP contribution in [0, 0.1) is 20.8 Å². The highest BCUT2D eigenvalue weighted by atomic mass is 32.1. The Hall–Kier alpha value is -2.67. The van der Waals surface area contributed by atoms with E-state index in [-0.39, 0.29) is 17.9 Å². The zero-order chi connectivity index (χ0) is 19.7. The van der Waals surface area contributed by atoms with Crippen LogP contribution in [0.2, 0.25) is 0 Å². The number of anilines is 2. The van der Waals surface area contributed by atoms with Crippen LogP contribution >= 0.6 is 11.3 Å². The lowest BCUT2D eigenvalue weighted by Gasteiger charge is -2.15. The fraction of sp³-hybridized carbons (Fsp3) is 0.350. The van der Waals surface area contributed by atoms with Crippen LogP contribution in [-0.4, -0.2) is 29.6 Å². The predicted octanol–water partition coefficient (Wildman–Crippen LogP) is 3.48. The number of rotatable bonds is 5. The number of fused-ring (bicyclic) bond motifs is 1. The van der Waals surface area contributed by atoms with Gasteiger partial charge in [0, 0.05) is 43.3 Å². The summed E-state index contributed by atoms with van der Waals surface area (Å²) < 4.78 is 1.52. The maximum Gasteiger partial charge on any atom is 0.262 e. The first kappa shape index (κ1) is 19.1. The summed E-state index contributed by atoms with van der Waals surface area (Å²) in [5.41, 5.74) is 3.76. The molecular weight excluding hydrogens is 360 g/mol. The van der Waals surface area contributed by atoms with Crippen molar-refractivity contribution in [3.8, 4) is 0 Å². The third-order valence-corrected chi connectivity index (χ3v) is 5.85. The predicted molar refractivity (Wildman–Crippen MR) is 112 cm³/mol. The first-order valence-electron chi connectivity index (χ1n) is 8.81. The Labute approximate surface area is 162 Å². The molecule has 1 N–H and O–H groups in total. The molecule has 142 valence electrons. The van der Waals surface area contributed by atoms with Gasteiger partial charge in [-0.2, -0.15) is 0 Å². The Morgan fingerprint density at radius 3 is 2.67 bits per heavy atom. The van der Waals surface area contributed by atoms with Gasteiger partial charge in [-0.05, 0) is 50.1 Å². The molecule has 0 radical (unpaired) electrons. The van der Waals surface area contributed by atoms with Crippen molar-refractivity contribution in [1.82, 2.24) is 9.55 Å². The standard InChI is InChI=1S/C20H24N4O2S/c1-12-10-15(23(4)5)6-7-16(12)22-17(25)8-9-24-11-21-19-18(20(24)26)13(2)14(3)27-19/h6-7,10-11H,8-9H2,1-5H3,(H,22,25). The quantitative estimate of drug-likeness (QED) is 0.731. The molecule has 0 aliphatic heterocycles. The van der Waals surface area contributed by atoms with Crippen molar-refractivity contribution < 1.29 is 4.79 Å². The topological polar surface area (TPSA) is 67.2 Å². The number of benzene rings is 1. The first-order valence-corrected chi connectivity index (χ1v) is 9.62. The molecule has 0 spiro atoms. The van der Waals surface area contributed by atoms with Gasteiger partial charge >= 0.3 is 0 Å². The Balaban J connectivity index is 1.71. The van der Waals surface area contributed by atoms with Gasteiger partial charge in [-0.25, -0.2) is 4.98 Å². The van der Waals surface area contributed by atoms with Crippen LogP contribution in [0.3, 0.4) is 0 Å². The van der Waals surface area contributed by atoms with E-state index >= 15 is 0 Å². The molecule has 0 atom stereocenters. The molecule has 0 aliphatic carbocycles. The van der Waals surface area contributed by atoms with Crippen LogP contribution in [-0.2, 0) is 11.3 Å². The monoisotopic (exact) mass is 384 g/mol. The van der Waals surface area contributed by atoms with Gasteiger partial charge in [0.2, 0.25) is 5.91 Å². The number of thiophene rings is 1. The van der Waals surface area contributed by atoms with Gasteiger partial charge in [0.1, 0.15) is 4.83 Å². The maximum absolute atomic E-state index is 12.7. The lowest BCUT2D eigenvalue weighted by molar-refractivity contribution is -0.116. The first-order chi connectivity index (χ1) is 12.8. The molecule has 0 saturated carbocycles. The summed E-state index contributed by atoms with van der Waals surface area (Å²) >= 11 is 1.53. The molecular formula is C20H24N4O2S. The normalized spacial score (nSPS) is 11.0. The molecule has 3 rings (SSSR count). The fourth-order valence-electron chi connectivity index (χ4n) is 2.93. The third-order valence-electron chi connectivity index (χ3n) is 4.74. The second kappa shape index (κ2) is 7.52. The van der Waals surface area contributed by atoms with E-state index in [2.05, 4.69) is 10.3 Å². The van der Waals surface area contributed by atoms with E-state index in [1.807, 2.05) is 58.0 Å². The highest BCUT2D eigenvalue weighted by Crippen LogP contribution is 2.25. The van der Waals surface area contributed by atoms with E-state index in [0.29, 0.717) is 11.9 Å². The molecule has 2 heterocycles. The zero-order valence-corrected chi connectivity index (χ0v) is 17.1. The van der Waals surface area contributed by atoms with Crippen molar-refractivity contribution in [2.24, 2.45) is 0 Å². The van der Waals surface area contributed by atoms with Gasteiger partial charge in [0.25, 0.3) is 5.56 Å². The van der Waals surface area contributed by atoms with Gasteiger partial charge in [-0.3, -0.25) is 14.2 Å². The summed E-state index contributed by atoms with van der Waals surface area (Å²) in [4.78, 5) is 33.3. The van der Waals surface area contributed by atoms with Crippen molar-refractivity contribution >= 4 is 38.8 Å². The number of carbonyl (C=O) groups is 1. The van der Waals surface area contributed by atoms with Crippen molar-refractivity contribution in [3.05, 3.63) is 50.9 Å². The molecule has 3 aromatic rings. The lowest BCUT2D eigenvalue weighted by atomic mass is 10.1. The molecule has 0 bridgehead atoms. The Morgan fingerprint density at radius 1 is 1.26 bits per heavy atom. The third kappa shape index (κ3) is 3.88. The number of amides is 1. The summed E-state index contributed by atoms with van der Waals surface area (Å²) in [5.74, 6) is -0.124. The summed E-state index contributed by atoms with van der Waals surface area (Å²) in [5, 5.41) is 3.59. The molecule has 6 nitrogen and oxygen atoms in total. The SMILES string of the molecule is Cc1cc(N(C)C)ccc1NC(=O)CCn1cnc2sc(C)c(C)c2c1=O. The van der Waals surface area contributed by atoms with Gasteiger partial charge in [-0.15, -0.1) is 11.3 Å². The van der Waals surface area contributed by atoms with E-state index in [1.165, 1.54) is 22.2 Å². The number of aromatic nitrogens is 2. The van der Waals surface area contributed by atoms with Crippen LogP contribution in [0.15, 0.2) is 29.3 Å². The van der Waals surface area contributed by atoms with Crippen LogP contribution < -0.4 is 15.8 Å². The number of nitrogens with one attached hydrogen (secondary N) is 1. The van der Waals surface area contributed by atoms with Gasteiger partial charge in [0.15, 0.2) is 0 Å². The Morgan fingerprint density at radius 2 is 2.00 bits per heavy atom. The van der Waals surface area contributed by atoms with E-state index < -0.39 is 0 Å². The van der Waals surface area contributed by atoms with Crippen molar-refractivity contribution in [1.29, 1.82) is 0 Å². The molecule has 27 heavy (non-hydrogen) atoms. The Kier molecular flexibility index (Phi) is 5.32. The van der Waals surface area contributed by atoms with Crippen LogP contribution in [0.4, 0.5) is 11.4 Å². The molecule has 1 amide bonds. The largest absolute Gasteiger partial charge is 0.378 e. The summed E-state index contributed by atoms with van der Waals surface area (Å²) in [6.45, 7) is 6.20. The highest BCUT2D eigenvalue weighted by Gasteiger charge is 2.13. The fourth-order valence-corrected chi connectivity index (χ4v) is 3.92. The van der Waals surface area contributed by atoms with Crippen molar-refractivity contribution in [3.63, 3.8) is 0 Å². The Bertz CT molecular complexity index is 1070. The van der Waals surface area contributed by atoms with Gasteiger partial charge in [0.05, 0.1) is 11.7 Å².